The maximum absolute atomic E-state index is 12.7. The maximum Gasteiger partial charge on any atom is 0.320 e. The molecule has 0 saturated heterocycles. The zero-order valence-corrected chi connectivity index (χ0v) is 11.8. The molecule has 0 aliphatic rings. The number of imidazole rings is 1. The van der Waals surface area contributed by atoms with Crippen molar-refractivity contribution < 1.29 is 18.3 Å². The number of hydrogen-bond donors (Lipinski definition) is 1. The normalized spacial score (nSPS) is 12.5. The second-order valence-electron chi connectivity index (χ2n) is 4.51. The van der Waals surface area contributed by atoms with Crippen molar-refractivity contribution in [1.29, 1.82) is 0 Å². The van der Waals surface area contributed by atoms with Crippen molar-refractivity contribution in [2.24, 2.45) is 5.73 Å². The van der Waals surface area contributed by atoms with Gasteiger partial charge in [0.05, 0.1) is 7.11 Å². The minimum atomic E-state index is -2.65. The molecule has 0 fully saturated rings. The lowest BCUT2D eigenvalue weighted by atomic mass is 10.1. The van der Waals surface area contributed by atoms with Crippen molar-refractivity contribution in [2.75, 3.05) is 7.11 Å². The summed E-state index contributed by atoms with van der Waals surface area (Å²) in [7, 11) is 1.54. The lowest BCUT2D eigenvalue weighted by Gasteiger charge is -2.15. The summed E-state index contributed by atoms with van der Waals surface area (Å²) in [5.74, 6) is 1.24. The Morgan fingerprint density at radius 3 is 2.76 bits per heavy atom. The van der Waals surface area contributed by atoms with Crippen molar-refractivity contribution in [3.05, 3.63) is 42.0 Å². The molecule has 0 saturated carbocycles. The molecular formula is C14H17F2N3O2. The minimum Gasteiger partial charge on any atom is -0.497 e. The van der Waals surface area contributed by atoms with Gasteiger partial charge < -0.3 is 15.2 Å². The Labute approximate surface area is 121 Å². The third-order valence-corrected chi connectivity index (χ3v) is 3.03. The number of alkyl halides is 2. The topological polar surface area (TPSA) is 62.3 Å². The van der Waals surface area contributed by atoms with E-state index >= 15 is 0 Å². The van der Waals surface area contributed by atoms with E-state index in [1.165, 1.54) is 19.5 Å². The zero-order valence-electron chi connectivity index (χ0n) is 11.8. The lowest BCUT2D eigenvalue weighted by molar-refractivity contribution is 0.0632. The number of ether oxygens (including phenoxy) is 2. The number of benzene rings is 1. The van der Waals surface area contributed by atoms with Crippen LogP contribution in [0.2, 0.25) is 0 Å². The molecule has 2 aromatic rings. The van der Waals surface area contributed by atoms with E-state index in [1.807, 2.05) is 6.92 Å². The van der Waals surface area contributed by atoms with Gasteiger partial charge in [-0.05, 0) is 13.0 Å². The Morgan fingerprint density at radius 1 is 1.38 bits per heavy atom. The van der Waals surface area contributed by atoms with Gasteiger partial charge in [0, 0.05) is 30.1 Å². The fourth-order valence-corrected chi connectivity index (χ4v) is 1.92. The number of nitrogens with two attached hydrogens (primary N) is 1. The molecule has 0 spiro atoms. The fourth-order valence-electron chi connectivity index (χ4n) is 1.92. The van der Waals surface area contributed by atoms with E-state index in [-0.39, 0.29) is 18.5 Å². The SMILES string of the molecule is COc1ccc([C@H](C)N)c(OCc2nccn2C(F)F)c1. The molecule has 0 amide bonds. The molecule has 0 radical (unpaired) electrons. The predicted octanol–water partition coefficient (Wildman–Crippen LogP) is 2.89. The van der Waals surface area contributed by atoms with Gasteiger partial charge in [-0.2, -0.15) is 8.78 Å². The first-order chi connectivity index (χ1) is 10.0. The summed E-state index contributed by atoms with van der Waals surface area (Å²) < 4.78 is 37.0. The number of aromatic nitrogens is 2. The molecular weight excluding hydrogens is 280 g/mol. The predicted molar refractivity (Wildman–Crippen MR) is 73.4 cm³/mol. The van der Waals surface area contributed by atoms with Gasteiger partial charge in [0.1, 0.15) is 18.1 Å². The molecule has 0 unspecified atom stereocenters. The molecule has 1 heterocycles. The fraction of sp³-hybridized carbons (Fsp3) is 0.357. The highest BCUT2D eigenvalue weighted by molar-refractivity contribution is 5.42. The van der Waals surface area contributed by atoms with E-state index < -0.39 is 6.55 Å². The lowest BCUT2D eigenvalue weighted by Crippen LogP contribution is -2.11. The highest BCUT2D eigenvalue weighted by Crippen LogP contribution is 2.29. The largest absolute Gasteiger partial charge is 0.497 e. The number of hydrogen-bond acceptors (Lipinski definition) is 4. The quantitative estimate of drug-likeness (QED) is 0.890. The monoisotopic (exact) mass is 297 g/mol. The number of methoxy groups -OCH3 is 1. The molecule has 0 aliphatic carbocycles. The summed E-state index contributed by atoms with van der Waals surface area (Å²) in [5, 5.41) is 0. The van der Waals surface area contributed by atoms with Crippen molar-refractivity contribution in [2.45, 2.75) is 26.1 Å². The molecule has 21 heavy (non-hydrogen) atoms. The highest BCUT2D eigenvalue weighted by atomic mass is 19.3. The standard InChI is InChI=1S/C14H17F2N3O2/c1-9(17)11-4-3-10(20-2)7-12(11)21-8-13-18-5-6-19(13)14(15)16/h3-7,9,14H,8,17H2,1-2H3/t9-/m0/s1. The minimum absolute atomic E-state index is 0.0791. The maximum atomic E-state index is 12.7. The first-order valence-corrected chi connectivity index (χ1v) is 6.39. The van der Waals surface area contributed by atoms with Gasteiger partial charge in [-0.3, -0.25) is 4.57 Å². The molecule has 2 rings (SSSR count). The van der Waals surface area contributed by atoms with Crippen LogP contribution in [0.5, 0.6) is 11.5 Å². The number of rotatable bonds is 6. The van der Waals surface area contributed by atoms with Gasteiger partial charge in [0.25, 0.3) is 0 Å². The Morgan fingerprint density at radius 2 is 2.14 bits per heavy atom. The molecule has 114 valence electrons. The summed E-state index contributed by atoms with van der Waals surface area (Å²) in [5.41, 5.74) is 6.64. The van der Waals surface area contributed by atoms with Crippen molar-refractivity contribution in [3.63, 3.8) is 0 Å². The molecule has 7 heteroatoms. The molecule has 1 atom stereocenters. The van der Waals surface area contributed by atoms with E-state index in [0.29, 0.717) is 11.5 Å². The van der Waals surface area contributed by atoms with Crippen LogP contribution in [-0.4, -0.2) is 16.7 Å². The van der Waals surface area contributed by atoms with Crippen LogP contribution in [0, 0.1) is 0 Å². The van der Waals surface area contributed by atoms with Gasteiger partial charge in [0.15, 0.2) is 5.82 Å². The molecule has 5 nitrogen and oxygen atoms in total. The number of nitrogens with zero attached hydrogens (tertiary/aromatic N) is 2. The first-order valence-electron chi connectivity index (χ1n) is 6.39. The molecule has 1 aromatic heterocycles. The Balaban J connectivity index is 2.20. The van der Waals surface area contributed by atoms with E-state index in [1.54, 1.807) is 18.2 Å². The third kappa shape index (κ3) is 3.49. The second-order valence-corrected chi connectivity index (χ2v) is 4.51. The van der Waals surface area contributed by atoms with Gasteiger partial charge >= 0.3 is 6.55 Å². The smallest absolute Gasteiger partial charge is 0.320 e. The van der Waals surface area contributed by atoms with Crippen LogP contribution in [-0.2, 0) is 6.61 Å². The van der Waals surface area contributed by atoms with E-state index in [2.05, 4.69) is 4.98 Å². The van der Waals surface area contributed by atoms with Crippen LogP contribution in [0.3, 0.4) is 0 Å². The molecule has 0 aliphatic heterocycles. The van der Waals surface area contributed by atoms with Gasteiger partial charge in [-0.15, -0.1) is 0 Å². The molecule has 1 aromatic carbocycles. The summed E-state index contributed by atoms with van der Waals surface area (Å²) in [4.78, 5) is 3.87. The summed E-state index contributed by atoms with van der Waals surface area (Å²) in [6, 6.07) is 4.99. The molecule has 0 bridgehead atoms. The summed E-state index contributed by atoms with van der Waals surface area (Å²) >= 11 is 0. The number of halogens is 2. The summed E-state index contributed by atoms with van der Waals surface area (Å²) in [6.45, 7) is -0.914. The first kappa shape index (κ1) is 15.2. The second kappa shape index (κ2) is 6.53. The average Bonchev–Trinajstić information content (AvgIpc) is 2.93. The van der Waals surface area contributed by atoms with Crippen LogP contribution < -0.4 is 15.2 Å². The highest BCUT2D eigenvalue weighted by Gasteiger charge is 2.14. The average molecular weight is 297 g/mol. The van der Waals surface area contributed by atoms with Crippen LogP contribution in [0.1, 0.15) is 30.9 Å². The van der Waals surface area contributed by atoms with E-state index in [0.717, 1.165) is 10.1 Å². The Hall–Kier alpha value is -2.15. The van der Waals surface area contributed by atoms with Crippen molar-refractivity contribution >= 4 is 0 Å². The van der Waals surface area contributed by atoms with Crippen LogP contribution >= 0.6 is 0 Å². The third-order valence-electron chi connectivity index (χ3n) is 3.03. The van der Waals surface area contributed by atoms with Gasteiger partial charge in [-0.1, -0.05) is 6.07 Å². The summed E-state index contributed by atoms with van der Waals surface area (Å²) in [6.07, 6.45) is 2.52. The van der Waals surface area contributed by atoms with Crippen molar-refractivity contribution in [1.82, 2.24) is 9.55 Å². The Kier molecular flexibility index (Phi) is 4.74. The van der Waals surface area contributed by atoms with Crippen molar-refractivity contribution in [3.8, 4) is 11.5 Å². The van der Waals surface area contributed by atoms with E-state index in [4.69, 9.17) is 15.2 Å². The van der Waals surface area contributed by atoms with E-state index in [9.17, 15) is 8.78 Å². The van der Waals surface area contributed by atoms with Gasteiger partial charge in [0.2, 0.25) is 0 Å². The molecule has 2 N–H and O–H groups in total. The van der Waals surface area contributed by atoms with Crippen LogP contribution in [0.4, 0.5) is 8.78 Å². The Bertz CT molecular complexity index is 600. The van der Waals surface area contributed by atoms with Gasteiger partial charge in [-0.25, -0.2) is 4.98 Å². The van der Waals surface area contributed by atoms with Crippen LogP contribution in [0.25, 0.3) is 0 Å². The van der Waals surface area contributed by atoms with Crippen LogP contribution in [0.15, 0.2) is 30.6 Å². The zero-order chi connectivity index (χ0) is 15.4.